The Morgan fingerprint density at radius 1 is 1.64 bits per heavy atom. The molecule has 6 heteroatoms. The van der Waals surface area contributed by atoms with Crippen LogP contribution in [0.25, 0.3) is 11.2 Å². The lowest BCUT2D eigenvalue weighted by Crippen LogP contribution is -2.34. The highest BCUT2D eigenvalue weighted by Crippen LogP contribution is 1.94. The fourth-order valence-corrected chi connectivity index (χ4v) is 1.24. The summed E-state index contributed by atoms with van der Waals surface area (Å²) in [6.07, 6.45) is 2.85. The van der Waals surface area contributed by atoms with Gasteiger partial charge in [0.05, 0.1) is 6.33 Å². The van der Waals surface area contributed by atoms with Crippen LogP contribution >= 0.6 is 0 Å². The first-order valence-electron chi connectivity index (χ1n) is 4.01. The molecule has 2 aromatic rings. The predicted molar refractivity (Wildman–Crippen MR) is 53.3 cm³/mol. The van der Waals surface area contributed by atoms with Gasteiger partial charge in [0.1, 0.15) is 5.52 Å². The molecule has 6 nitrogen and oxygen atoms in total. The van der Waals surface area contributed by atoms with Gasteiger partial charge in [0.15, 0.2) is 5.65 Å². The van der Waals surface area contributed by atoms with E-state index >= 15 is 0 Å². The summed E-state index contributed by atoms with van der Waals surface area (Å²) in [6.45, 7) is 3.65. The summed E-state index contributed by atoms with van der Waals surface area (Å²) in [7, 11) is 0. The Morgan fingerprint density at radius 3 is 3.14 bits per heavy atom. The monoisotopic (exact) mass is 194 g/mol. The number of aromatic amines is 2. The molecule has 2 aromatic heterocycles. The van der Waals surface area contributed by atoms with Crippen molar-refractivity contribution in [2.75, 3.05) is 0 Å². The summed E-state index contributed by atoms with van der Waals surface area (Å²) in [5, 5.41) is 0. The molecule has 0 aliphatic rings. The molecule has 0 atom stereocenters. The lowest BCUT2D eigenvalue weighted by atomic mass is 10.5. The Kier molecular flexibility index (Phi) is 1.81. The quantitative estimate of drug-likeness (QED) is 0.652. The normalized spacial score (nSPS) is 10.6. The van der Waals surface area contributed by atoms with Crippen LogP contribution in [-0.4, -0.2) is 19.5 Å². The molecule has 0 saturated carbocycles. The van der Waals surface area contributed by atoms with Crippen LogP contribution in [0.5, 0.6) is 0 Å². The van der Waals surface area contributed by atoms with Crippen molar-refractivity contribution < 1.29 is 1.43 Å². The summed E-state index contributed by atoms with van der Waals surface area (Å²) in [5.74, 6) is 0. The maximum atomic E-state index is 11.6. The molecule has 0 spiro atoms. The van der Waals surface area contributed by atoms with Crippen LogP contribution < -0.4 is 11.2 Å². The Labute approximate surface area is 79.4 Å². The molecule has 0 aliphatic carbocycles. The van der Waals surface area contributed by atoms with Crippen LogP contribution in [0.4, 0.5) is 0 Å². The number of allylic oxidation sites excluding steroid dienone is 1. The molecule has 0 saturated heterocycles. The summed E-state index contributed by atoms with van der Waals surface area (Å²) in [5.41, 5.74) is -0.289. The van der Waals surface area contributed by atoms with Gasteiger partial charge in [-0.05, 0) is 0 Å². The second-order valence-corrected chi connectivity index (χ2v) is 2.76. The largest absolute Gasteiger partial charge is 0.339 e. The third-order valence-electron chi connectivity index (χ3n) is 1.88. The fourth-order valence-electron chi connectivity index (χ4n) is 1.24. The van der Waals surface area contributed by atoms with Crippen LogP contribution in [0.1, 0.15) is 1.43 Å². The number of nitrogens with zero attached hydrogens (tertiary/aromatic N) is 2. The standard InChI is InChI=1S/C8H8N4O2.H2/c1-2-3-12-7(13)5-6(10-4-9-5)11-8(12)14;/h2,4H,1,3H2,(H,9,10)(H,11,14);1H. The summed E-state index contributed by atoms with van der Waals surface area (Å²) in [6, 6.07) is 0. The maximum absolute atomic E-state index is 11.6. The molecular formula is C8H10N4O2. The molecule has 0 radical (unpaired) electrons. The van der Waals surface area contributed by atoms with E-state index in [9.17, 15) is 9.59 Å². The predicted octanol–water partition coefficient (Wildman–Crippen LogP) is -0.155. The van der Waals surface area contributed by atoms with Crippen molar-refractivity contribution in [3.05, 3.63) is 39.8 Å². The number of imidazole rings is 1. The van der Waals surface area contributed by atoms with Crippen LogP contribution in [0, 0.1) is 0 Å². The zero-order valence-corrected chi connectivity index (χ0v) is 7.28. The van der Waals surface area contributed by atoms with Gasteiger partial charge in [0.25, 0.3) is 5.56 Å². The summed E-state index contributed by atoms with van der Waals surface area (Å²) < 4.78 is 1.05. The van der Waals surface area contributed by atoms with Gasteiger partial charge in [-0.2, -0.15) is 0 Å². The average molecular weight is 194 g/mol. The van der Waals surface area contributed by atoms with Gasteiger partial charge in [-0.15, -0.1) is 6.58 Å². The van der Waals surface area contributed by atoms with Gasteiger partial charge < -0.3 is 4.98 Å². The number of rotatable bonds is 2. The molecule has 2 N–H and O–H groups in total. The number of nitrogens with one attached hydrogen (secondary N) is 2. The zero-order valence-electron chi connectivity index (χ0n) is 7.28. The molecule has 0 aromatic carbocycles. The molecular weight excluding hydrogens is 184 g/mol. The second kappa shape index (κ2) is 2.99. The van der Waals surface area contributed by atoms with E-state index in [0.29, 0.717) is 5.52 Å². The highest BCUT2D eigenvalue weighted by molar-refractivity contribution is 5.67. The average Bonchev–Trinajstić information content (AvgIpc) is 2.60. The Balaban J connectivity index is 0.00000112. The number of fused-ring (bicyclic) bond motifs is 1. The van der Waals surface area contributed by atoms with E-state index in [4.69, 9.17) is 0 Å². The molecule has 0 bridgehead atoms. The minimum Gasteiger partial charge on any atom is -0.339 e. The second-order valence-electron chi connectivity index (χ2n) is 2.76. The van der Waals surface area contributed by atoms with Gasteiger partial charge in [0, 0.05) is 7.97 Å². The van der Waals surface area contributed by atoms with Crippen LogP contribution in [-0.2, 0) is 6.54 Å². The Hall–Kier alpha value is -2.11. The Bertz CT molecular complexity index is 594. The van der Waals surface area contributed by atoms with Crippen LogP contribution in [0.3, 0.4) is 0 Å². The molecule has 0 fully saturated rings. The van der Waals surface area contributed by atoms with E-state index in [1.165, 1.54) is 12.4 Å². The highest BCUT2D eigenvalue weighted by Gasteiger charge is 2.07. The van der Waals surface area contributed by atoms with E-state index in [1.807, 2.05) is 0 Å². The molecule has 2 rings (SSSR count). The maximum Gasteiger partial charge on any atom is 0.330 e. The van der Waals surface area contributed by atoms with E-state index in [2.05, 4.69) is 21.5 Å². The topological polar surface area (TPSA) is 83.5 Å². The highest BCUT2D eigenvalue weighted by atomic mass is 16.2. The van der Waals surface area contributed by atoms with Gasteiger partial charge in [0.2, 0.25) is 0 Å². The number of hydrogen-bond donors (Lipinski definition) is 2. The fraction of sp³-hybridized carbons (Fsp3) is 0.125. The number of hydrogen-bond acceptors (Lipinski definition) is 3. The zero-order chi connectivity index (χ0) is 10.1. The van der Waals surface area contributed by atoms with E-state index in [1.54, 1.807) is 0 Å². The van der Waals surface area contributed by atoms with Crippen molar-refractivity contribution >= 4 is 11.2 Å². The lowest BCUT2D eigenvalue weighted by molar-refractivity contribution is 0.726. The van der Waals surface area contributed by atoms with E-state index in [0.717, 1.165) is 4.57 Å². The van der Waals surface area contributed by atoms with Crippen molar-refractivity contribution in [3.63, 3.8) is 0 Å². The van der Waals surface area contributed by atoms with Crippen molar-refractivity contribution in [1.29, 1.82) is 0 Å². The van der Waals surface area contributed by atoms with Crippen molar-refractivity contribution in [3.8, 4) is 0 Å². The number of H-pyrrole nitrogens is 2. The first-order chi connectivity index (χ1) is 6.74. The molecule has 14 heavy (non-hydrogen) atoms. The van der Waals surface area contributed by atoms with Crippen molar-refractivity contribution in [2.24, 2.45) is 0 Å². The van der Waals surface area contributed by atoms with E-state index < -0.39 is 5.69 Å². The minimum absolute atomic E-state index is 0. The molecule has 0 aliphatic heterocycles. The minimum atomic E-state index is -0.477. The smallest absolute Gasteiger partial charge is 0.330 e. The van der Waals surface area contributed by atoms with Gasteiger partial charge in [-0.1, -0.05) is 6.08 Å². The first kappa shape index (κ1) is 8.49. The van der Waals surface area contributed by atoms with Crippen LogP contribution in [0.15, 0.2) is 28.6 Å². The van der Waals surface area contributed by atoms with Gasteiger partial charge in [-0.3, -0.25) is 14.3 Å². The third-order valence-corrected chi connectivity index (χ3v) is 1.88. The summed E-state index contributed by atoms with van der Waals surface area (Å²) >= 11 is 0. The van der Waals surface area contributed by atoms with Crippen molar-refractivity contribution in [2.45, 2.75) is 6.54 Å². The third kappa shape index (κ3) is 1.08. The molecule has 0 amide bonds. The van der Waals surface area contributed by atoms with Gasteiger partial charge in [-0.25, -0.2) is 9.78 Å². The lowest BCUT2D eigenvalue weighted by Gasteiger charge is -1.98. The van der Waals surface area contributed by atoms with Crippen molar-refractivity contribution in [1.82, 2.24) is 19.5 Å². The van der Waals surface area contributed by atoms with Crippen LogP contribution in [0.2, 0.25) is 0 Å². The molecule has 0 unspecified atom stereocenters. The van der Waals surface area contributed by atoms with Gasteiger partial charge >= 0.3 is 5.69 Å². The SMILES string of the molecule is C=CCn1c(=O)[nH]c2nc[nH]c2c1=O.[HH]. The molecule has 2 heterocycles. The summed E-state index contributed by atoms with van der Waals surface area (Å²) in [4.78, 5) is 31.9. The Morgan fingerprint density at radius 2 is 2.43 bits per heavy atom. The number of aromatic nitrogens is 4. The first-order valence-corrected chi connectivity index (χ1v) is 4.01. The van der Waals surface area contributed by atoms with E-state index in [-0.39, 0.29) is 19.2 Å². The molecule has 74 valence electrons.